The second kappa shape index (κ2) is 3.22. The van der Waals surface area contributed by atoms with E-state index < -0.39 is 0 Å². The van der Waals surface area contributed by atoms with Crippen LogP contribution < -0.4 is 0 Å². The highest BCUT2D eigenvalue weighted by atomic mass is 15.3. The van der Waals surface area contributed by atoms with Gasteiger partial charge >= 0.3 is 0 Å². The van der Waals surface area contributed by atoms with E-state index in [1.165, 1.54) is 5.69 Å². The Balaban J connectivity index is 2.47. The van der Waals surface area contributed by atoms with Gasteiger partial charge in [0.15, 0.2) is 0 Å². The molecule has 0 amide bonds. The molecule has 0 saturated carbocycles. The molecule has 0 aliphatic rings. The van der Waals surface area contributed by atoms with E-state index in [1.807, 2.05) is 11.7 Å². The minimum atomic E-state index is 0.111. The maximum atomic E-state index is 4.46. The number of imidazole rings is 1. The summed E-state index contributed by atoms with van der Waals surface area (Å²) in [5.74, 6) is 0. The second-order valence-electron chi connectivity index (χ2n) is 4.75. The fraction of sp³-hybridized carbons (Fsp3) is 0.455. The van der Waals surface area contributed by atoms with Crippen molar-refractivity contribution in [1.29, 1.82) is 0 Å². The molecule has 0 radical (unpaired) electrons. The molecular weight excluding hydrogens is 188 g/mol. The Morgan fingerprint density at radius 3 is 2.53 bits per heavy atom. The van der Waals surface area contributed by atoms with Gasteiger partial charge in [-0.2, -0.15) is 5.10 Å². The average Bonchev–Trinajstić information content (AvgIpc) is 2.68. The van der Waals surface area contributed by atoms with Crippen LogP contribution in [-0.4, -0.2) is 19.7 Å². The molecule has 0 aromatic carbocycles. The van der Waals surface area contributed by atoms with Crippen LogP contribution in [0.15, 0.2) is 18.6 Å². The lowest BCUT2D eigenvalue weighted by Crippen LogP contribution is -2.16. The van der Waals surface area contributed by atoms with Gasteiger partial charge in [0.2, 0.25) is 0 Å². The highest BCUT2D eigenvalue weighted by Crippen LogP contribution is 2.25. The van der Waals surface area contributed by atoms with Gasteiger partial charge in [-0.15, -0.1) is 0 Å². The highest BCUT2D eigenvalue weighted by molar-refractivity contribution is 5.53. The lowest BCUT2D eigenvalue weighted by Gasteiger charge is -2.17. The molecule has 0 fully saturated rings. The lowest BCUT2D eigenvalue weighted by molar-refractivity contribution is 0.523. The number of hydrogen-bond acceptors (Lipinski definition) is 2. The van der Waals surface area contributed by atoms with Gasteiger partial charge < -0.3 is 4.98 Å². The Labute approximate surface area is 89.3 Å². The van der Waals surface area contributed by atoms with Crippen LogP contribution >= 0.6 is 0 Å². The van der Waals surface area contributed by atoms with Gasteiger partial charge in [0, 0.05) is 18.2 Å². The first kappa shape index (κ1) is 9.96. The summed E-state index contributed by atoms with van der Waals surface area (Å²) in [7, 11) is 1.97. The standard InChI is InChI=1S/C11H16N4/c1-11(2,3)10-5-8(14-15(10)4)9-6-12-7-13-9/h5-7H,1-4H3,(H,12,13). The van der Waals surface area contributed by atoms with Crippen LogP contribution in [0, 0.1) is 0 Å². The van der Waals surface area contributed by atoms with Crippen molar-refractivity contribution in [3.63, 3.8) is 0 Å². The molecule has 1 N–H and O–H groups in total. The SMILES string of the molecule is Cn1nc(-c2cnc[nH]2)cc1C(C)(C)C. The van der Waals surface area contributed by atoms with Crippen molar-refractivity contribution >= 4 is 0 Å². The second-order valence-corrected chi connectivity index (χ2v) is 4.75. The van der Waals surface area contributed by atoms with E-state index >= 15 is 0 Å². The summed E-state index contributed by atoms with van der Waals surface area (Å²) in [4.78, 5) is 7.05. The molecule has 0 aliphatic carbocycles. The summed E-state index contributed by atoms with van der Waals surface area (Å²) in [5, 5.41) is 4.46. The van der Waals surface area contributed by atoms with E-state index in [2.05, 4.69) is 41.9 Å². The molecule has 2 rings (SSSR count). The van der Waals surface area contributed by atoms with Crippen molar-refractivity contribution in [1.82, 2.24) is 19.7 Å². The van der Waals surface area contributed by atoms with Gasteiger partial charge in [0.25, 0.3) is 0 Å². The smallest absolute Gasteiger partial charge is 0.110 e. The number of aromatic amines is 1. The number of aryl methyl sites for hydroxylation is 1. The molecule has 4 nitrogen and oxygen atoms in total. The average molecular weight is 204 g/mol. The van der Waals surface area contributed by atoms with Crippen LogP contribution in [0.2, 0.25) is 0 Å². The van der Waals surface area contributed by atoms with Crippen molar-refractivity contribution in [2.24, 2.45) is 7.05 Å². The van der Waals surface area contributed by atoms with Gasteiger partial charge in [-0.25, -0.2) is 4.98 Å². The third-order valence-electron chi connectivity index (χ3n) is 2.42. The summed E-state index contributed by atoms with van der Waals surface area (Å²) in [6, 6.07) is 2.10. The third-order valence-corrected chi connectivity index (χ3v) is 2.42. The van der Waals surface area contributed by atoms with E-state index in [9.17, 15) is 0 Å². The maximum Gasteiger partial charge on any atom is 0.110 e. The molecule has 15 heavy (non-hydrogen) atoms. The Morgan fingerprint density at radius 1 is 1.33 bits per heavy atom. The van der Waals surface area contributed by atoms with E-state index in [0.717, 1.165) is 11.4 Å². The minimum Gasteiger partial charge on any atom is -0.343 e. The summed E-state index contributed by atoms with van der Waals surface area (Å²) in [6.45, 7) is 6.54. The fourth-order valence-electron chi connectivity index (χ4n) is 1.70. The molecule has 0 bridgehead atoms. The van der Waals surface area contributed by atoms with Crippen LogP contribution in [0.3, 0.4) is 0 Å². The summed E-state index contributed by atoms with van der Waals surface area (Å²) >= 11 is 0. The predicted octanol–water partition coefficient (Wildman–Crippen LogP) is 2.11. The normalized spacial score (nSPS) is 12.0. The summed E-state index contributed by atoms with van der Waals surface area (Å²) < 4.78 is 1.93. The number of aromatic nitrogens is 4. The molecule has 0 unspecified atom stereocenters. The quantitative estimate of drug-likeness (QED) is 0.773. The highest BCUT2D eigenvalue weighted by Gasteiger charge is 2.19. The minimum absolute atomic E-state index is 0.111. The molecular formula is C11H16N4. The van der Waals surface area contributed by atoms with Crippen LogP contribution in [0.5, 0.6) is 0 Å². The van der Waals surface area contributed by atoms with E-state index in [4.69, 9.17) is 0 Å². The molecule has 4 heteroatoms. The van der Waals surface area contributed by atoms with Crippen molar-refractivity contribution in [2.75, 3.05) is 0 Å². The zero-order valence-corrected chi connectivity index (χ0v) is 9.57. The first-order chi connectivity index (χ1) is 6.98. The molecule has 2 heterocycles. The Bertz CT molecular complexity index is 445. The zero-order chi connectivity index (χ0) is 11.1. The first-order valence-corrected chi connectivity index (χ1v) is 5.02. The van der Waals surface area contributed by atoms with Crippen LogP contribution in [0.1, 0.15) is 26.5 Å². The van der Waals surface area contributed by atoms with Crippen LogP contribution in [0.25, 0.3) is 11.4 Å². The van der Waals surface area contributed by atoms with E-state index in [0.29, 0.717) is 0 Å². The Morgan fingerprint density at radius 2 is 2.07 bits per heavy atom. The molecule has 0 saturated heterocycles. The maximum absolute atomic E-state index is 4.46. The molecule has 0 aliphatic heterocycles. The molecule has 0 spiro atoms. The largest absolute Gasteiger partial charge is 0.343 e. The van der Waals surface area contributed by atoms with Gasteiger partial charge in [-0.1, -0.05) is 20.8 Å². The monoisotopic (exact) mass is 204 g/mol. The van der Waals surface area contributed by atoms with Crippen molar-refractivity contribution in [3.8, 4) is 11.4 Å². The number of hydrogen-bond donors (Lipinski definition) is 1. The number of H-pyrrole nitrogens is 1. The lowest BCUT2D eigenvalue weighted by atomic mass is 9.92. The number of nitrogens with one attached hydrogen (secondary N) is 1. The Kier molecular flexibility index (Phi) is 2.14. The fourth-order valence-corrected chi connectivity index (χ4v) is 1.70. The van der Waals surface area contributed by atoms with Gasteiger partial charge in [0.1, 0.15) is 5.69 Å². The first-order valence-electron chi connectivity index (χ1n) is 5.02. The van der Waals surface area contributed by atoms with Crippen LogP contribution in [0.4, 0.5) is 0 Å². The summed E-state index contributed by atoms with van der Waals surface area (Å²) in [6.07, 6.45) is 3.45. The van der Waals surface area contributed by atoms with Gasteiger partial charge in [-0.05, 0) is 6.07 Å². The Hall–Kier alpha value is -1.58. The van der Waals surface area contributed by atoms with Crippen molar-refractivity contribution < 1.29 is 0 Å². The predicted molar refractivity (Wildman–Crippen MR) is 59.5 cm³/mol. The number of nitrogens with zero attached hydrogens (tertiary/aromatic N) is 3. The topological polar surface area (TPSA) is 46.5 Å². The van der Waals surface area contributed by atoms with Gasteiger partial charge in [0.05, 0.1) is 18.2 Å². The van der Waals surface area contributed by atoms with Crippen molar-refractivity contribution in [3.05, 3.63) is 24.3 Å². The number of rotatable bonds is 1. The molecule has 0 atom stereocenters. The molecule has 2 aromatic heterocycles. The molecule has 80 valence electrons. The van der Waals surface area contributed by atoms with Crippen LogP contribution in [-0.2, 0) is 12.5 Å². The summed E-state index contributed by atoms with van der Waals surface area (Å²) in [5.41, 5.74) is 3.23. The van der Waals surface area contributed by atoms with Crippen molar-refractivity contribution in [2.45, 2.75) is 26.2 Å². The zero-order valence-electron chi connectivity index (χ0n) is 9.57. The molecule has 2 aromatic rings. The third kappa shape index (κ3) is 1.79. The van der Waals surface area contributed by atoms with E-state index in [-0.39, 0.29) is 5.41 Å². The van der Waals surface area contributed by atoms with Gasteiger partial charge in [-0.3, -0.25) is 4.68 Å². The van der Waals surface area contributed by atoms with E-state index in [1.54, 1.807) is 12.5 Å².